The van der Waals surface area contributed by atoms with Crippen molar-refractivity contribution in [1.29, 1.82) is 0 Å². The average molecular weight is 564 g/mol. The van der Waals surface area contributed by atoms with Crippen LogP contribution in [-0.2, 0) is 11.8 Å². The molecule has 0 radical (unpaired) electrons. The molecule has 28 heavy (non-hydrogen) atoms. The van der Waals surface area contributed by atoms with Crippen molar-refractivity contribution >= 4 is 45.9 Å². The summed E-state index contributed by atoms with van der Waals surface area (Å²) in [6.07, 6.45) is 3.88. The summed E-state index contributed by atoms with van der Waals surface area (Å²) in [6.45, 7) is 6.26. The van der Waals surface area contributed by atoms with Crippen LogP contribution < -0.4 is 10.1 Å². The number of morpholine rings is 1. The van der Waals surface area contributed by atoms with Crippen LogP contribution in [-0.4, -0.2) is 60.0 Å². The van der Waals surface area contributed by atoms with Crippen molar-refractivity contribution in [2.75, 3.05) is 39.4 Å². The van der Waals surface area contributed by atoms with Crippen molar-refractivity contribution in [3.63, 3.8) is 0 Å². The van der Waals surface area contributed by atoms with Crippen LogP contribution in [0.1, 0.15) is 18.6 Å². The molecule has 3 rings (SSSR count). The van der Waals surface area contributed by atoms with Gasteiger partial charge < -0.3 is 19.7 Å². The van der Waals surface area contributed by atoms with E-state index in [0.29, 0.717) is 19.8 Å². The van der Waals surface area contributed by atoms with Crippen LogP contribution in [0, 0.1) is 0 Å². The Morgan fingerprint density at radius 2 is 2.18 bits per heavy atom. The molecule has 1 aromatic carbocycles. The third-order valence-corrected chi connectivity index (χ3v) is 4.76. The molecule has 0 amide bonds. The Labute approximate surface area is 191 Å². The SMILES string of the molecule is CCNC(=NCCOc1ccc(Br)cc1)N1CCOC(c2cnn(C)c2)C1.I. The van der Waals surface area contributed by atoms with E-state index in [0.717, 1.165) is 41.4 Å². The normalized spacial score (nSPS) is 17.2. The zero-order chi connectivity index (χ0) is 19.1. The van der Waals surface area contributed by atoms with Gasteiger partial charge in [0.05, 0.1) is 25.9 Å². The van der Waals surface area contributed by atoms with Gasteiger partial charge in [0, 0.05) is 36.4 Å². The molecule has 1 N–H and O–H groups in total. The number of ether oxygens (including phenoxy) is 2. The molecule has 9 heteroatoms. The van der Waals surface area contributed by atoms with Gasteiger partial charge in [-0.05, 0) is 31.2 Å². The van der Waals surface area contributed by atoms with Crippen molar-refractivity contribution in [2.24, 2.45) is 12.0 Å². The van der Waals surface area contributed by atoms with Gasteiger partial charge in [0.25, 0.3) is 0 Å². The van der Waals surface area contributed by atoms with E-state index in [1.54, 1.807) is 4.68 Å². The number of aryl methyl sites for hydroxylation is 1. The van der Waals surface area contributed by atoms with Gasteiger partial charge in [0.2, 0.25) is 0 Å². The first kappa shape index (κ1) is 23.0. The lowest BCUT2D eigenvalue weighted by Crippen LogP contribution is -2.48. The summed E-state index contributed by atoms with van der Waals surface area (Å²) >= 11 is 3.42. The van der Waals surface area contributed by atoms with Crippen LogP contribution in [0.15, 0.2) is 46.1 Å². The van der Waals surface area contributed by atoms with Crippen LogP contribution in [0.3, 0.4) is 0 Å². The molecule has 1 saturated heterocycles. The lowest BCUT2D eigenvalue weighted by Gasteiger charge is -2.34. The zero-order valence-electron chi connectivity index (χ0n) is 16.2. The Kier molecular flexibility index (Phi) is 9.52. The Hall–Kier alpha value is -1.33. The fraction of sp³-hybridized carbons (Fsp3) is 0.474. The highest BCUT2D eigenvalue weighted by atomic mass is 127. The van der Waals surface area contributed by atoms with Gasteiger partial charge in [-0.1, -0.05) is 15.9 Å². The number of hydrogen-bond donors (Lipinski definition) is 1. The molecule has 154 valence electrons. The summed E-state index contributed by atoms with van der Waals surface area (Å²) < 4.78 is 14.5. The average Bonchev–Trinajstić information content (AvgIpc) is 3.12. The molecule has 1 unspecified atom stereocenters. The van der Waals surface area contributed by atoms with Gasteiger partial charge in [-0.25, -0.2) is 4.99 Å². The molecule has 0 aliphatic carbocycles. The van der Waals surface area contributed by atoms with Crippen molar-refractivity contribution in [3.05, 3.63) is 46.7 Å². The maximum absolute atomic E-state index is 5.92. The van der Waals surface area contributed by atoms with Crippen molar-refractivity contribution in [2.45, 2.75) is 13.0 Å². The summed E-state index contributed by atoms with van der Waals surface area (Å²) in [5.41, 5.74) is 1.09. The molecule has 1 fully saturated rings. The van der Waals surface area contributed by atoms with Crippen molar-refractivity contribution in [1.82, 2.24) is 20.0 Å². The second-order valence-electron chi connectivity index (χ2n) is 6.29. The van der Waals surface area contributed by atoms with Gasteiger partial charge in [-0.3, -0.25) is 4.68 Å². The quantitative estimate of drug-likeness (QED) is 0.253. The molecule has 2 aromatic rings. The van der Waals surface area contributed by atoms with Crippen LogP contribution in [0.5, 0.6) is 5.75 Å². The number of rotatable bonds is 6. The van der Waals surface area contributed by atoms with Gasteiger partial charge in [-0.15, -0.1) is 24.0 Å². The molecular formula is C19H27BrIN5O2. The second-order valence-corrected chi connectivity index (χ2v) is 7.21. The molecule has 0 spiro atoms. The molecule has 0 saturated carbocycles. The highest BCUT2D eigenvalue weighted by molar-refractivity contribution is 14.0. The predicted octanol–water partition coefficient (Wildman–Crippen LogP) is 3.22. The number of hydrogen-bond acceptors (Lipinski definition) is 4. The molecular weight excluding hydrogens is 537 g/mol. The van der Waals surface area contributed by atoms with Gasteiger partial charge in [-0.2, -0.15) is 5.10 Å². The number of guanidine groups is 1. The van der Waals surface area contributed by atoms with E-state index in [-0.39, 0.29) is 30.1 Å². The molecule has 1 aliphatic heterocycles. The summed E-state index contributed by atoms with van der Waals surface area (Å²) in [6, 6.07) is 7.82. The molecule has 1 aliphatic rings. The number of aromatic nitrogens is 2. The lowest BCUT2D eigenvalue weighted by molar-refractivity contribution is -0.00805. The smallest absolute Gasteiger partial charge is 0.194 e. The maximum atomic E-state index is 5.92. The Balaban J connectivity index is 0.00000280. The minimum atomic E-state index is 0. The van der Waals surface area contributed by atoms with Gasteiger partial charge in [0.1, 0.15) is 18.5 Å². The molecule has 7 nitrogen and oxygen atoms in total. The summed E-state index contributed by atoms with van der Waals surface area (Å²) in [5.74, 6) is 1.75. The Morgan fingerprint density at radius 1 is 1.39 bits per heavy atom. The third kappa shape index (κ3) is 6.63. The number of benzene rings is 1. The van der Waals surface area contributed by atoms with Crippen LogP contribution in [0.25, 0.3) is 0 Å². The first-order valence-corrected chi connectivity index (χ1v) is 9.96. The highest BCUT2D eigenvalue weighted by Crippen LogP contribution is 2.21. The van der Waals surface area contributed by atoms with Crippen molar-refractivity contribution in [3.8, 4) is 5.75 Å². The Morgan fingerprint density at radius 3 is 2.86 bits per heavy atom. The summed E-state index contributed by atoms with van der Waals surface area (Å²) in [7, 11) is 1.92. The van der Waals surface area contributed by atoms with E-state index < -0.39 is 0 Å². The van der Waals surface area contributed by atoms with Gasteiger partial charge in [0.15, 0.2) is 5.96 Å². The zero-order valence-corrected chi connectivity index (χ0v) is 20.1. The number of nitrogens with zero attached hydrogens (tertiary/aromatic N) is 4. The minimum absolute atomic E-state index is 0. The van der Waals surface area contributed by atoms with E-state index in [2.05, 4.69) is 38.2 Å². The van der Waals surface area contributed by atoms with Crippen LogP contribution in [0.2, 0.25) is 0 Å². The maximum Gasteiger partial charge on any atom is 0.194 e. The minimum Gasteiger partial charge on any atom is -0.492 e. The number of nitrogens with one attached hydrogen (secondary N) is 1. The molecule has 1 atom stereocenters. The molecule has 1 aromatic heterocycles. The van der Waals surface area contributed by atoms with E-state index in [4.69, 9.17) is 14.5 Å². The fourth-order valence-corrected chi connectivity index (χ4v) is 3.19. The predicted molar refractivity (Wildman–Crippen MR) is 125 cm³/mol. The highest BCUT2D eigenvalue weighted by Gasteiger charge is 2.25. The standard InChI is InChI=1S/C19H26BrN5O2.HI/c1-3-21-19(22-8-10-26-17-6-4-16(20)5-7-17)25-9-11-27-18(14-25)15-12-23-24(2)13-15;/h4-7,12-13,18H,3,8-11,14H2,1-2H3,(H,21,22);1H. The number of aliphatic imine (C=N–C) groups is 1. The topological polar surface area (TPSA) is 63.9 Å². The monoisotopic (exact) mass is 563 g/mol. The van der Waals surface area contributed by atoms with E-state index in [9.17, 15) is 0 Å². The van der Waals surface area contributed by atoms with Gasteiger partial charge >= 0.3 is 0 Å². The Bertz CT molecular complexity index is 753. The number of halogens is 2. The molecule has 2 heterocycles. The van der Waals surface area contributed by atoms with Crippen LogP contribution in [0.4, 0.5) is 0 Å². The fourth-order valence-electron chi connectivity index (χ4n) is 2.92. The van der Waals surface area contributed by atoms with E-state index in [1.165, 1.54) is 0 Å². The summed E-state index contributed by atoms with van der Waals surface area (Å²) in [5, 5.41) is 7.62. The van der Waals surface area contributed by atoms with Crippen molar-refractivity contribution < 1.29 is 9.47 Å². The lowest BCUT2D eigenvalue weighted by atomic mass is 10.1. The first-order valence-electron chi connectivity index (χ1n) is 9.17. The third-order valence-electron chi connectivity index (χ3n) is 4.23. The molecule has 0 bridgehead atoms. The van der Waals surface area contributed by atoms with E-state index in [1.807, 2.05) is 43.7 Å². The van der Waals surface area contributed by atoms with Crippen LogP contribution >= 0.6 is 39.9 Å². The van der Waals surface area contributed by atoms with E-state index >= 15 is 0 Å². The first-order chi connectivity index (χ1) is 13.2. The largest absolute Gasteiger partial charge is 0.492 e. The second kappa shape index (κ2) is 11.6. The summed E-state index contributed by atoms with van der Waals surface area (Å²) in [4.78, 5) is 6.96.